The fraction of sp³-hybridized carbons (Fsp3) is 0.500. The highest BCUT2D eigenvalue weighted by atomic mass is 35.5. The van der Waals surface area contributed by atoms with Gasteiger partial charge in [0.05, 0.1) is 11.0 Å². The molecule has 0 radical (unpaired) electrons. The number of anilines is 1. The minimum absolute atomic E-state index is 0.231. The molecule has 0 unspecified atom stereocenters. The number of carbonyl (C=O) groups excluding carboxylic acids is 1. The molecule has 1 fully saturated rings. The van der Waals surface area contributed by atoms with Crippen molar-refractivity contribution < 1.29 is 4.79 Å². The number of nitrogens with zero attached hydrogens (tertiary/aromatic N) is 1. The van der Waals surface area contributed by atoms with E-state index in [1.54, 1.807) is 6.92 Å². The minimum atomic E-state index is -0.995. The molecule has 1 aromatic rings. The second-order valence-electron chi connectivity index (χ2n) is 4.77. The molecule has 1 aromatic heterocycles. The van der Waals surface area contributed by atoms with Gasteiger partial charge in [-0.15, -0.1) is 34.5 Å². The Morgan fingerprint density at radius 3 is 2.50 bits per heavy atom. The predicted octanol–water partition coefficient (Wildman–Crippen LogP) is 3.76. The van der Waals surface area contributed by atoms with Crippen molar-refractivity contribution in [1.29, 1.82) is 5.26 Å². The van der Waals surface area contributed by atoms with Crippen molar-refractivity contribution >= 4 is 45.4 Å². The number of amides is 1. The third-order valence-corrected chi connectivity index (χ3v) is 5.71. The van der Waals surface area contributed by atoms with E-state index in [9.17, 15) is 4.79 Å². The SMILES string of the molecule is Cc1sc(NC(=O)[C@@]2(C)CC2(Cl)Cl)c(C#N)c1C. The number of rotatable bonds is 2. The number of nitrogens with one attached hydrogen (secondary N) is 1. The lowest BCUT2D eigenvalue weighted by molar-refractivity contribution is -0.120. The Labute approximate surface area is 120 Å². The molecule has 1 N–H and O–H groups in total. The lowest BCUT2D eigenvalue weighted by atomic mass is 10.1. The van der Waals surface area contributed by atoms with Gasteiger partial charge in [-0.1, -0.05) is 0 Å². The molecular formula is C12H12Cl2N2OS. The van der Waals surface area contributed by atoms with E-state index in [1.807, 2.05) is 13.8 Å². The average Bonchev–Trinajstić information content (AvgIpc) is 2.67. The summed E-state index contributed by atoms with van der Waals surface area (Å²) in [6, 6.07) is 2.11. The van der Waals surface area contributed by atoms with E-state index in [1.165, 1.54) is 11.3 Å². The Balaban J connectivity index is 2.24. The molecule has 0 aromatic carbocycles. The summed E-state index contributed by atoms with van der Waals surface area (Å²) in [5, 5.41) is 12.4. The zero-order valence-corrected chi connectivity index (χ0v) is 12.6. The Hall–Kier alpha value is -0.760. The van der Waals surface area contributed by atoms with Crippen LogP contribution in [0.15, 0.2) is 0 Å². The molecule has 0 spiro atoms. The van der Waals surface area contributed by atoms with Crippen LogP contribution in [0.25, 0.3) is 0 Å². The second-order valence-corrected chi connectivity index (χ2v) is 7.48. The third kappa shape index (κ3) is 1.91. The molecule has 2 rings (SSSR count). The molecule has 6 heteroatoms. The zero-order valence-electron chi connectivity index (χ0n) is 10.2. The number of hydrogen-bond acceptors (Lipinski definition) is 3. The van der Waals surface area contributed by atoms with Gasteiger partial charge < -0.3 is 5.32 Å². The van der Waals surface area contributed by atoms with Gasteiger partial charge in [0.1, 0.15) is 15.4 Å². The largest absolute Gasteiger partial charge is 0.316 e. The van der Waals surface area contributed by atoms with Crippen molar-refractivity contribution in [2.24, 2.45) is 5.41 Å². The third-order valence-electron chi connectivity index (χ3n) is 3.48. The molecule has 1 aliphatic carbocycles. The number of halogens is 2. The highest BCUT2D eigenvalue weighted by Crippen LogP contribution is 2.64. The lowest BCUT2D eigenvalue weighted by Gasteiger charge is -2.11. The molecule has 96 valence electrons. The monoisotopic (exact) mass is 302 g/mol. The molecule has 0 aliphatic heterocycles. The normalized spacial score (nSPS) is 24.4. The maximum atomic E-state index is 12.1. The van der Waals surface area contributed by atoms with E-state index < -0.39 is 9.75 Å². The molecule has 1 saturated carbocycles. The van der Waals surface area contributed by atoms with Crippen LogP contribution in [0, 0.1) is 30.6 Å². The van der Waals surface area contributed by atoms with Gasteiger partial charge in [0, 0.05) is 4.88 Å². The number of aryl methyl sites for hydroxylation is 1. The van der Waals surface area contributed by atoms with E-state index in [0.29, 0.717) is 17.0 Å². The molecule has 1 aliphatic rings. The summed E-state index contributed by atoms with van der Waals surface area (Å²) in [7, 11) is 0. The molecular weight excluding hydrogens is 291 g/mol. The van der Waals surface area contributed by atoms with Gasteiger partial charge in [-0.3, -0.25) is 4.79 Å². The molecule has 3 nitrogen and oxygen atoms in total. The number of nitriles is 1. The first kappa shape index (κ1) is 13.7. The van der Waals surface area contributed by atoms with Crippen LogP contribution in [0.2, 0.25) is 0 Å². The standard InChI is InChI=1S/C12H12Cl2N2OS/c1-6-7(2)18-9(8(6)4-15)16-10(17)11(3)5-12(11,13)14/h5H2,1-3H3,(H,16,17)/t11-/m1/s1. The van der Waals surface area contributed by atoms with Crippen LogP contribution >= 0.6 is 34.5 Å². The van der Waals surface area contributed by atoms with Gasteiger partial charge >= 0.3 is 0 Å². The number of carbonyl (C=O) groups is 1. The summed E-state index contributed by atoms with van der Waals surface area (Å²) in [6.07, 6.45) is 0.431. The van der Waals surface area contributed by atoms with Crippen LogP contribution in [0.1, 0.15) is 29.3 Å². The molecule has 1 atom stereocenters. The van der Waals surface area contributed by atoms with Gasteiger partial charge in [-0.05, 0) is 32.8 Å². The molecule has 18 heavy (non-hydrogen) atoms. The van der Waals surface area contributed by atoms with E-state index in [2.05, 4.69) is 11.4 Å². The Bertz CT molecular complexity index is 573. The quantitative estimate of drug-likeness (QED) is 0.846. The van der Waals surface area contributed by atoms with Crippen molar-refractivity contribution in [3.63, 3.8) is 0 Å². The first-order valence-corrected chi connectivity index (χ1v) is 6.99. The lowest BCUT2D eigenvalue weighted by Crippen LogP contribution is -2.25. The first-order chi connectivity index (χ1) is 8.23. The van der Waals surface area contributed by atoms with E-state index in [4.69, 9.17) is 28.5 Å². The van der Waals surface area contributed by atoms with Crippen LogP contribution in [-0.2, 0) is 4.79 Å². The fourth-order valence-corrected chi connectivity index (χ4v) is 3.45. The van der Waals surface area contributed by atoms with Gasteiger partial charge in [0.2, 0.25) is 5.91 Å². The van der Waals surface area contributed by atoms with E-state index >= 15 is 0 Å². The summed E-state index contributed by atoms with van der Waals surface area (Å²) in [5.41, 5.74) is 0.654. The van der Waals surface area contributed by atoms with E-state index in [-0.39, 0.29) is 5.91 Å². The maximum absolute atomic E-state index is 12.1. The fourth-order valence-electron chi connectivity index (χ4n) is 1.74. The smallest absolute Gasteiger partial charge is 0.234 e. The van der Waals surface area contributed by atoms with Crippen LogP contribution in [0.3, 0.4) is 0 Å². The highest BCUT2D eigenvalue weighted by Gasteiger charge is 2.68. The second kappa shape index (κ2) is 4.12. The van der Waals surface area contributed by atoms with Crippen molar-refractivity contribution in [2.45, 2.75) is 31.5 Å². The average molecular weight is 303 g/mol. The maximum Gasteiger partial charge on any atom is 0.234 e. The highest BCUT2D eigenvalue weighted by molar-refractivity contribution is 7.16. The Morgan fingerprint density at radius 2 is 2.06 bits per heavy atom. The van der Waals surface area contributed by atoms with Crippen molar-refractivity contribution in [1.82, 2.24) is 0 Å². The van der Waals surface area contributed by atoms with Crippen molar-refractivity contribution in [3.8, 4) is 6.07 Å². The molecule has 1 heterocycles. The first-order valence-electron chi connectivity index (χ1n) is 5.42. The minimum Gasteiger partial charge on any atom is -0.316 e. The topological polar surface area (TPSA) is 52.9 Å². The molecule has 1 amide bonds. The number of hydrogen-bond donors (Lipinski definition) is 1. The van der Waals surface area contributed by atoms with E-state index in [0.717, 1.165) is 10.4 Å². The Morgan fingerprint density at radius 1 is 1.50 bits per heavy atom. The van der Waals surface area contributed by atoms with Crippen molar-refractivity contribution in [2.75, 3.05) is 5.32 Å². The van der Waals surface area contributed by atoms with Crippen molar-refractivity contribution in [3.05, 3.63) is 16.0 Å². The summed E-state index contributed by atoms with van der Waals surface area (Å²) in [5.74, 6) is -0.231. The van der Waals surface area contributed by atoms with Gasteiger partial charge in [0.25, 0.3) is 0 Å². The zero-order chi connectivity index (χ0) is 13.7. The summed E-state index contributed by atoms with van der Waals surface area (Å²) in [6.45, 7) is 5.51. The number of thiophene rings is 1. The van der Waals surface area contributed by atoms with Gasteiger partial charge in [-0.25, -0.2) is 0 Å². The Kier molecular flexibility index (Phi) is 3.13. The van der Waals surface area contributed by atoms with Gasteiger partial charge in [-0.2, -0.15) is 5.26 Å². The summed E-state index contributed by atoms with van der Waals surface area (Å²) < 4.78 is -0.995. The van der Waals surface area contributed by atoms with Gasteiger partial charge in [0.15, 0.2) is 0 Å². The van der Waals surface area contributed by atoms with Crippen LogP contribution < -0.4 is 5.32 Å². The predicted molar refractivity (Wildman–Crippen MR) is 74.3 cm³/mol. The molecule has 0 bridgehead atoms. The number of alkyl halides is 2. The van der Waals surface area contributed by atoms with Crippen LogP contribution in [0.5, 0.6) is 0 Å². The summed E-state index contributed by atoms with van der Waals surface area (Å²) in [4.78, 5) is 13.1. The summed E-state index contributed by atoms with van der Waals surface area (Å²) >= 11 is 13.3. The molecule has 0 saturated heterocycles. The van der Waals surface area contributed by atoms with Crippen LogP contribution in [0.4, 0.5) is 5.00 Å². The van der Waals surface area contributed by atoms with Crippen LogP contribution in [-0.4, -0.2) is 10.2 Å².